The van der Waals surface area contributed by atoms with E-state index in [1.165, 1.54) is 0 Å². The van der Waals surface area contributed by atoms with Gasteiger partial charge in [-0.05, 0) is 57.2 Å². The van der Waals surface area contributed by atoms with Crippen LogP contribution in [0, 0.1) is 0 Å². The summed E-state index contributed by atoms with van der Waals surface area (Å²) in [6.45, 7) is 1.91. The summed E-state index contributed by atoms with van der Waals surface area (Å²) in [6, 6.07) is 23.4. The fourth-order valence-corrected chi connectivity index (χ4v) is 3.08. The molecule has 0 amide bonds. The predicted molar refractivity (Wildman–Crippen MR) is 107 cm³/mol. The second-order valence-electron chi connectivity index (χ2n) is 5.74. The van der Waals surface area contributed by atoms with E-state index >= 15 is 0 Å². The van der Waals surface area contributed by atoms with Crippen LogP contribution < -0.4 is 9.47 Å². The Morgan fingerprint density at radius 2 is 1.62 bits per heavy atom. The van der Waals surface area contributed by atoms with Crippen LogP contribution in [-0.2, 0) is 11.2 Å². The summed E-state index contributed by atoms with van der Waals surface area (Å²) in [5, 5.41) is 0. The summed E-state index contributed by atoms with van der Waals surface area (Å²) in [4.78, 5) is 12.1. The van der Waals surface area contributed by atoms with Gasteiger partial charge in [0.2, 0.25) is 0 Å². The maximum Gasteiger partial charge on any atom is 0.349 e. The number of carbonyl (C=O) groups excluding carboxylic acids is 1. The zero-order chi connectivity index (χ0) is 18.4. The first kappa shape index (κ1) is 18.2. The quantitative estimate of drug-likeness (QED) is 0.388. The number of para-hydroxylation sites is 1. The third-order valence-electron chi connectivity index (χ3n) is 3.96. The van der Waals surface area contributed by atoms with Crippen molar-refractivity contribution in [3.8, 4) is 22.6 Å². The number of halogens is 1. The SMILES string of the molecule is CCc1ccccc1OCC(=O)Oc1ccc(-c2ccccc2)cc1Br. The largest absolute Gasteiger partial charge is 0.482 e. The molecule has 3 aromatic carbocycles. The molecule has 0 spiro atoms. The number of rotatable bonds is 6. The van der Waals surface area contributed by atoms with Gasteiger partial charge in [0.1, 0.15) is 11.5 Å². The van der Waals surface area contributed by atoms with Gasteiger partial charge < -0.3 is 9.47 Å². The van der Waals surface area contributed by atoms with Crippen molar-refractivity contribution in [3.05, 3.63) is 82.8 Å². The molecule has 0 aliphatic rings. The van der Waals surface area contributed by atoms with Gasteiger partial charge >= 0.3 is 5.97 Å². The third kappa shape index (κ3) is 4.52. The molecule has 0 aliphatic carbocycles. The first-order valence-electron chi connectivity index (χ1n) is 8.43. The van der Waals surface area contributed by atoms with Crippen molar-refractivity contribution in [2.75, 3.05) is 6.61 Å². The molecule has 4 heteroatoms. The molecule has 0 aliphatic heterocycles. The standard InChI is InChI=1S/C22H19BrO3/c1-2-16-8-6-7-11-20(16)25-15-22(24)26-21-13-12-18(14-19(21)23)17-9-4-3-5-10-17/h3-14H,2,15H2,1H3. The lowest BCUT2D eigenvalue weighted by Gasteiger charge is -2.11. The molecule has 0 saturated carbocycles. The van der Waals surface area contributed by atoms with E-state index in [4.69, 9.17) is 9.47 Å². The van der Waals surface area contributed by atoms with Gasteiger partial charge in [-0.25, -0.2) is 4.79 Å². The van der Waals surface area contributed by atoms with E-state index in [2.05, 4.69) is 15.9 Å². The van der Waals surface area contributed by atoms with Crippen molar-refractivity contribution in [1.29, 1.82) is 0 Å². The molecular weight excluding hydrogens is 392 g/mol. The Bertz CT molecular complexity index is 891. The van der Waals surface area contributed by atoms with Gasteiger partial charge in [-0.2, -0.15) is 0 Å². The highest BCUT2D eigenvalue weighted by Crippen LogP contribution is 2.30. The van der Waals surface area contributed by atoms with Crippen LogP contribution in [0.3, 0.4) is 0 Å². The molecule has 0 atom stereocenters. The van der Waals surface area contributed by atoms with Crippen LogP contribution in [0.5, 0.6) is 11.5 Å². The van der Waals surface area contributed by atoms with Crippen LogP contribution in [-0.4, -0.2) is 12.6 Å². The number of esters is 1. The van der Waals surface area contributed by atoms with Crippen molar-refractivity contribution < 1.29 is 14.3 Å². The third-order valence-corrected chi connectivity index (χ3v) is 4.58. The summed E-state index contributed by atoms with van der Waals surface area (Å²) < 4.78 is 11.7. The van der Waals surface area contributed by atoms with Gasteiger partial charge in [-0.1, -0.05) is 61.5 Å². The lowest BCUT2D eigenvalue weighted by Crippen LogP contribution is -2.18. The van der Waals surface area contributed by atoms with Gasteiger partial charge in [0.15, 0.2) is 6.61 Å². The monoisotopic (exact) mass is 410 g/mol. The van der Waals surface area contributed by atoms with E-state index < -0.39 is 5.97 Å². The normalized spacial score (nSPS) is 10.4. The van der Waals surface area contributed by atoms with Crippen LogP contribution in [0.2, 0.25) is 0 Å². The molecule has 3 rings (SSSR count). The number of ether oxygens (including phenoxy) is 2. The van der Waals surface area contributed by atoms with Gasteiger partial charge in [0.25, 0.3) is 0 Å². The fraction of sp³-hybridized carbons (Fsp3) is 0.136. The van der Waals surface area contributed by atoms with Crippen LogP contribution in [0.1, 0.15) is 12.5 Å². The molecule has 26 heavy (non-hydrogen) atoms. The number of hydrogen-bond acceptors (Lipinski definition) is 3. The minimum Gasteiger partial charge on any atom is -0.482 e. The van der Waals surface area contributed by atoms with Crippen molar-refractivity contribution in [3.63, 3.8) is 0 Å². The summed E-state index contributed by atoms with van der Waals surface area (Å²) in [6.07, 6.45) is 0.845. The zero-order valence-corrected chi connectivity index (χ0v) is 16.0. The second-order valence-corrected chi connectivity index (χ2v) is 6.59. The summed E-state index contributed by atoms with van der Waals surface area (Å²) >= 11 is 3.47. The van der Waals surface area contributed by atoms with Crippen LogP contribution in [0.4, 0.5) is 0 Å². The molecule has 0 saturated heterocycles. The van der Waals surface area contributed by atoms with E-state index in [1.807, 2.05) is 73.7 Å². The lowest BCUT2D eigenvalue weighted by molar-refractivity contribution is -0.136. The van der Waals surface area contributed by atoms with Gasteiger partial charge in [-0.15, -0.1) is 0 Å². The van der Waals surface area contributed by atoms with E-state index in [0.717, 1.165) is 27.6 Å². The molecule has 132 valence electrons. The van der Waals surface area contributed by atoms with Crippen molar-refractivity contribution in [2.45, 2.75) is 13.3 Å². The summed E-state index contributed by atoms with van der Waals surface area (Å²) in [7, 11) is 0. The average molecular weight is 411 g/mol. The molecule has 0 radical (unpaired) electrons. The van der Waals surface area contributed by atoms with Gasteiger partial charge in [0.05, 0.1) is 4.47 Å². The molecule has 0 heterocycles. The molecule has 0 bridgehead atoms. The summed E-state index contributed by atoms with van der Waals surface area (Å²) in [5.74, 6) is 0.747. The highest BCUT2D eigenvalue weighted by atomic mass is 79.9. The van der Waals surface area contributed by atoms with Crippen molar-refractivity contribution in [2.24, 2.45) is 0 Å². The Kier molecular flexibility index (Phi) is 6.08. The maximum atomic E-state index is 12.1. The Morgan fingerprint density at radius 1 is 0.885 bits per heavy atom. The fourth-order valence-electron chi connectivity index (χ4n) is 2.62. The highest BCUT2D eigenvalue weighted by Gasteiger charge is 2.11. The van der Waals surface area contributed by atoms with Crippen LogP contribution in [0.15, 0.2) is 77.3 Å². The molecule has 0 N–H and O–H groups in total. The van der Waals surface area contributed by atoms with Crippen molar-refractivity contribution in [1.82, 2.24) is 0 Å². The van der Waals surface area contributed by atoms with E-state index in [1.54, 1.807) is 6.07 Å². The summed E-state index contributed by atoms with van der Waals surface area (Å²) in [5.41, 5.74) is 3.21. The molecule has 3 aromatic rings. The zero-order valence-electron chi connectivity index (χ0n) is 14.4. The maximum absolute atomic E-state index is 12.1. The molecule has 0 aromatic heterocycles. The van der Waals surface area contributed by atoms with E-state index in [-0.39, 0.29) is 6.61 Å². The number of aryl methyl sites for hydroxylation is 1. The van der Waals surface area contributed by atoms with Crippen LogP contribution >= 0.6 is 15.9 Å². The van der Waals surface area contributed by atoms with E-state index in [9.17, 15) is 4.79 Å². The predicted octanol–water partition coefficient (Wildman–Crippen LogP) is 5.66. The minimum absolute atomic E-state index is 0.135. The molecule has 0 fully saturated rings. The Hall–Kier alpha value is -2.59. The van der Waals surface area contributed by atoms with Gasteiger partial charge in [0, 0.05) is 0 Å². The molecule has 3 nitrogen and oxygen atoms in total. The number of hydrogen-bond donors (Lipinski definition) is 0. The number of benzene rings is 3. The average Bonchev–Trinajstić information content (AvgIpc) is 2.69. The Morgan fingerprint density at radius 3 is 2.35 bits per heavy atom. The topological polar surface area (TPSA) is 35.5 Å². The lowest BCUT2D eigenvalue weighted by atomic mass is 10.1. The second kappa shape index (κ2) is 8.68. The van der Waals surface area contributed by atoms with Crippen molar-refractivity contribution >= 4 is 21.9 Å². The minimum atomic E-state index is -0.441. The first-order chi connectivity index (χ1) is 12.7. The highest BCUT2D eigenvalue weighted by molar-refractivity contribution is 9.10. The molecular formula is C22H19BrO3. The first-order valence-corrected chi connectivity index (χ1v) is 9.23. The van der Waals surface area contributed by atoms with E-state index in [0.29, 0.717) is 11.5 Å². The molecule has 0 unspecified atom stereocenters. The van der Waals surface area contributed by atoms with Crippen LogP contribution in [0.25, 0.3) is 11.1 Å². The van der Waals surface area contributed by atoms with Gasteiger partial charge in [-0.3, -0.25) is 0 Å². The Balaban J connectivity index is 1.64. The Labute approximate surface area is 161 Å². The number of carbonyl (C=O) groups is 1. The smallest absolute Gasteiger partial charge is 0.349 e.